The Morgan fingerprint density at radius 1 is 1.24 bits per heavy atom. The van der Waals surface area contributed by atoms with Crippen LogP contribution in [0.2, 0.25) is 0 Å². The van der Waals surface area contributed by atoms with Crippen molar-refractivity contribution >= 4 is 5.69 Å². The second-order valence-electron chi connectivity index (χ2n) is 5.66. The maximum Gasteiger partial charge on any atom is 0.245 e. The third-order valence-corrected chi connectivity index (χ3v) is 4.23. The van der Waals surface area contributed by atoms with E-state index in [9.17, 15) is 5.11 Å². The lowest BCUT2D eigenvalue weighted by Gasteiger charge is -2.13. The highest BCUT2D eigenvalue weighted by Gasteiger charge is 2.43. The van der Waals surface area contributed by atoms with Gasteiger partial charge in [-0.15, -0.1) is 0 Å². The van der Waals surface area contributed by atoms with E-state index in [0.717, 1.165) is 30.8 Å². The number of ether oxygens (including phenoxy) is 1. The van der Waals surface area contributed by atoms with Gasteiger partial charge in [-0.2, -0.15) is 4.98 Å². The fraction of sp³-hybridized carbons (Fsp3) is 0.467. The number of benzene rings is 1. The van der Waals surface area contributed by atoms with Gasteiger partial charge >= 0.3 is 0 Å². The highest BCUT2D eigenvalue weighted by Crippen LogP contribution is 2.43. The summed E-state index contributed by atoms with van der Waals surface area (Å²) in [7, 11) is 0. The van der Waals surface area contributed by atoms with Gasteiger partial charge in [0.15, 0.2) is 5.82 Å². The predicted octanol–water partition coefficient (Wildman–Crippen LogP) is 2.42. The van der Waals surface area contributed by atoms with Crippen LogP contribution in [0.25, 0.3) is 0 Å². The van der Waals surface area contributed by atoms with Crippen LogP contribution in [0, 0.1) is 0 Å². The molecule has 2 fully saturated rings. The third-order valence-electron chi connectivity index (χ3n) is 4.23. The number of phenols is 1. The first-order valence-electron chi connectivity index (χ1n) is 7.29. The summed E-state index contributed by atoms with van der Waals surface area (Å²) in [6.07, 6.45) is 3.93. The first-order valence-corrected chi connectivity index (χ1v) is 7.29. The molecule has 110 valence electrons. The van der Waals surface area contributed by atoms with E-state index in [0.29, 0.717) is 18.5 Å². The van der Waals surface area contributed by atoms with Crippen molar-refractivity contribution in [3.63, 3.8) is 0 Å². The molecule has 2 aromatic rings. The molecule has 6 heteroatoms. The van der Waals surface area contributed by atoms with Gasteiger partial charge < -0.3 is 19.7 Å². The Kier molecular flexibility index (Phi) is 3.03. The highest BCUT2D eigenvalue weighted by atomic mass is 16.5. The average Bonchev–Trinajstić information content (AvgIpc) is 3.22. The standard InChI is InChI=1S/C15H17N3O3/c19-10-3-1-9(2-4-10)16-8-14-17-15(18-21-14)12-7-11-5-6-13(12)20-11/h1-4,11-13,16,19H,5-8H2. The van der Waals surface area contributed by atoms with Crippen molar-refractivity contribution in [3.8, 4) is 5.75 Å². The van der Waals surface area contributed by atoms with E-state index in [1.54, 1.807) is 24.3 Å². The normalized spacial score (nSPS) is 27.1. The SMILES string of the molecule is Oc1ccc(NCc2nc(C3CC4CCC3O4)no2)cc1. The Morgan fingerprint density at radius 3 is 2.81 bits per heavy atom. The van der Waals surface area contributed by atoms with Gasteiger partial charge in [-0.25, -0.2) is 0 Å². The van der Waals surface area contributed by atoms with Gasteiger partial charge in [0, 0.05) is 5.69 Å². The molecule has 0 radical (unpaired) electrons. The first kappa shape index (κ1) is 12.6. The van der Waals surface area contributed by atoms with Gasteiger partial charge in [0.05, 0.1) is 24.7 Å². The van der Waals surface area contributed by atoms with E-state index in [4.69, 9.17) is 9.26 Å². The second-order valence-corrected chi connectivity index (χ2v) is 5.66. The van der Waals surface area contributed by atoms with Crippen LogP contribution in [-0.4, -0.2) is 27.5 Å². The quantitative estimate of drug-likeness (QED) is 0.841. The van der Waals surface area contributed by atoms with Crippen LogP contribution in [0.4, 0.5) is 5.69 Å². The molecule has 2 aliphatic rings. The number of nitrogens with zero attached hydrogens (tertiary/aromatic N) is 2. The van der Waals surface area contributed by atoms with Crippen molar-refractivity contribution in [3.05, 3.63) is 36.0 Å². The van der Waals surface area contributed by atoms with Gasteiger partial charge in [0.1, 0.15) is 5.75 Å². The lowest BCUT2D eigenvalue weighted by Crippen LogP contribution is -2.15. The molecule has 0 spiro atoms. The van der Waals surface area contributed by atoms with Crippen LogP contribution in [0.1, 0.15) is 36.9 Å². The molecule has 2 N–H and O–H groups in total. The summed E-state index contributed by atoms with van der Waals surface area (Å²) in [6.45, 7) is 0.472. The van der Waals surface area contributed by atoms with E-state index in [2.05, 4.69) is 15.5 Å². The monoisotopic (exact) mass is 287 g/mol. The summed E-state index contributed by atoms with van der Waals surface area (Å²) >= 11 is 0. The Hall–Kier alpha value is -2.08. The van der Waals surface area contributed by atoms with Gasteiger partial charge in [0.2, 0.25) is 5.89 Å². The number of phenolic OH excluding ortho intramolecular Hbond substituents is 1. The van der Waals surface area contributed by atoms with Crippen molar-refractivity contribution in [2.75, 3.05) is 5.32 Å². The molecule has 4 rings (SSSR count). The molecule has 3 heterocycles. The summed E-state index contributed by atoms with van der Waals surface area (Å²) in [6, 6.07) is 6.87. The van der Waals surface area contributed by atoms with Crippen LogP contribution >= 0.6 is 0 Å². The van der Waals surface area contributed by atoms with Crippen LogP contribution in [0.3, 0.4) is 0 Å². The molecule has 3 atom stereocenters. The van der Waals surface area contributed by atoms with E-state index >= 15 is 0 Å². The fourth-order valence-corrected chi connectivity index (χ4v) is 3.16. The van der Waals surface area contributed by atoms with Crippen molar-refractivity contribution in [1.82, 2.24) is 10.1 Å². The molecule has 0 saturated carbocycles. The minimum atomic E-state index is 0.247. The van der Waals surface area contributed by atoms with Crippen molar-refractivity contribution in [2.45, 2.75) is 43.9 Å². The minimum Gasteiger partial charge on any atom is -0.508 e. The van der Waals surface area contributed by atoms with Crippen LogP contribution in [0.5, 0.6) is 5.75 Å². The van der Waals surface area contributed by atoms with E-state index < -0.39 is 0 Å². The molecule has 6 nitrogen and oxygen atoms in total. The molecular formula is C15H17N3O3. The molecule has 2 saturated heterocycles. The Bertz CT molecular complexity index is 625. The van der Waals surface area contributed by atoms with Gasteiger partial charge in [-0.3, -0.25) is 0 Å². The molecule has 1 aromatic heterocycles. The number of fused-ring (bicyclic) bond motifs is 2. The zero-order chi connectivity index (χ0) is 14.2. The predicted molar refractivity (Wildman–Crippen MR) is 75.0 cm³/mol. The molecule has 3 unspecified atom stereocenters. The topological polar surface area (TPSA) is 80.4 Å². The largest absolute Gasteiger partial charge is 0.508 e. The summed E-state index contributed by atoms with van der Waals surface area (Å²) in [4.78, 5) is 4.47. The number of hydrogen-bond acceptors (Lipinski definition) is 6. The van der Waals surface area contributed by atoms with Gasteiger partial charge in [-0.05, 0) is 43.5 Å². The third kappa shape index (κ3) is 2.47. The zero-order valence-corrected chi connectivity index (χ0v) is 11.5. The van der Waals surface area contributed by atoms with Crippen LogP contribution in [0.15, 0.2) is 28.8 Å². The number of anilines is 1. The van der Waals surface area contributed by atoms with Gasteiger partial charge in [0.25, 0.3) is 0 Å². The minimum absolute atomic E-state index is 0.247. The molecule has 0 aliphatic carbocycles. The molecular weight excluding hydrogens is 270 g/mol. The summed E-state index contributed by atoms with van der Waals surface area (Å²) in [5.41, 5.74) is 0.899. The lowest BCUT2D eigenvalue weighted by molar-refractivity contribution is 0.0996. The van der Waals surface area contributed by atoms with Crippen molar-refractivity contribution in [1.29, 1.82) is 0 Å². The van der Waals surface area contributed by atoms with E-state index in [-0.39, 0.29) is 17.8 Å². The Morgan fingerprint density at radius 2 is 2.10 bits per heavy atom. The lowest BCUT2D eigenvalue weighted by atomic mass is 9.89. The van der Waals surface area contributed by atoms with Crippen molar-refractivity contribution in [2.24, 2.45) is 0 Å². The highest BCUT2D eigenvalue weighted by molar-refractivity contribution is 5.45. The molecule has 2 aliphatic heterocycles. The van der Waals surface area contributed by atoms with Crippen LogP contribution < -0.4 is 5.32 Å². The molecule has 1 aromatic carbocycles. The number of aromatic hydroxyl groups is 1. The fourth-order valence-electron chi connectivity index (χ4n) is 3.16. The molecule has 2 bridgehead atoms. The van der Waals surface area contributed by atoms with Crippen LogP contribution in [-0.2, 0) is 11.3 Å². The number of hydrogen-bond donors (Lipinski definition) is 2. The smallest absolute Gasteiger partial charge is 0.245 e. The summed E-state index contributed by atoms with van der Waals surface area (Å²) < 4.78 is 11.1. The zero-order valence-electron chi connectivity index (χ0n) is 11.5. The Balaban J connectivity index is 1.39. The summed E-state index contributed by atoms with van der Waals surface area (Å²) in [5.74, 6) is 1.87. The summed E-state index contributed by atoms with van der Waals surface area (Å²) in [5, 5.41) is 16.5. The number of nitrogens with one attached hydrogen (secondary N) is 1. The maximum atomic E-state index is 9.24. The average molecular weight is 287 g/mol. The molecule has 21 heavy (non-hydrogen) atoms. The number of rotatable bonds is 4. The molecule has 0 amide bonds. The Labute approximate surface area is 122 Å². The van der Waals surface area contributed by atoms with E-state index in [1.165, 1.54) is 0 Å². The first-order chi connectivity index (χ1) is 10.3. The second kappa shape index (κ2) is 5.04. The number of aromatic nitrogens is 2. The van der Waals surface area contributed by atoms with E-state index in [1.807, 2.05) is 0 Å². The van der Waals surface area contributed by atoms with Crippen molar-refractivity contribution < 1.29 is 14.4 Å². The maximum absolute atomic E-state index is 9.24. The van der Waals surface area contributed by atoms with Gasteiger partial charge in [-0.1, -0.05) is 5.16 Å².